The Morgan fingerprint density at radius 3 is 2.62 bits per heavy atom. The van der Waals surface area contributed by atoms with Gasteiger partial charge in [0.15, 0.2) is 0 Å². The molecule has 0 aromatic carbocycles. The Morgan fingerprint density at radius 1 is 1.38 bits per heavy atom. The predicted molar refractivity (Wildman–Crippen MR) is 65.9 cm³/mol. The smallest absolute Gasteiger partial charge is 0.0548 e. The van der Waals surface area contributed by atoms with Gasteiger partial charge in [0.2, 0.25) is 0 Å². The van der Waals surface area contributed by atoms with E-state index in [9.17, 15) is 0 Å². The third-order valence-electron chi connectivity index (χ3n) is 3.80. The maximum Gasteiger partial charge on any atom is 0.0548 e. The first kappa shape index (κ1) is 11.6. The van der Waals surface area contributed by atoms with Crippen LogP contribution in [0, 0.1) is 5.92 Å². The molecule has 1 aromatic heterocycles. The lowest BCUT2D eigenvalue weighted by molar-refractivity contribution is 0.384. The molecular formula is C13H23N3. The van der Waals surface area contributed by atoms with E-state index in [2.05, 4.69) is 5.10 Å². The molecule has 1 saturated carbocycles. The van der Waals surface area contributed by atoms with Crippen LogP contribution in [0.25, 0.3) is 0 Å². The summed E-state index contributed by atoms with van der Waals surface area (Å²) in [6.45, 7) is 0. The van der Waals surface area contributed by atoms with Crippen molar-refractivity contribution in [3.8, 4) is 0 Å². The normalized spacial score (nSPS) is 20.6. The lowest BCUT2D eigenvalue weighted by Gasteiger charge is -2.19. The first-order valence-corrected chi connectivity index (χ1v) is 6.51. The van der Waals surface area contributed by atoms with E-state index in [1.807, 2.05) is 24.0 Å². The molecule has 0 amide bonds. The second kappa shape index (κ2) is 5.48. The minimum atomic E-state index is 0.163. The molecule has 2 rings (SSSR count). The third kappa shape index (κ3) is 2.85. The van der Waals surface area contributed by atoms with E-state index in [1.54, 1.807) is 0 Å². The molecule has 90 valence electrons. The Kier molecular flexibility index (Phi) is 3.99. The van der Waals surface area contributed by atoms with Crippen molar-refractivity contribution in [1.29, 1.82) is 0 Å². The fraction of sp³-hybridized carbons (Fsp3) is 0.769. The number of nitrogens with zero attached hydrogens (tertiary/aromatic N) is 2. The summed E-state index contributed by atoms with van der Waals surface area (Å²) >= 11 is 0. The SMILES string of the molecule is Cn1nccc1C(N)CC1CCCCCC1. The molecule has 1 aliphatic rings. The fourth-order valence-corrected chi connectivity index (χ4v) is 2.83. The van der Waals surface area contributed by atoms with Crippen LogP contribution in [0.4, 0.5) is 0 Å². The van der Waals surface area contributed by atoms with Gasteiger partial charge in [0.1, 0.15) is 0 Å². The molecule has 1 aliphatic carbocycles. The van der Waals surface area contributed by atoms with Crippen LogP contribution in [0.3, 0.4) is 0 Å². The number of aryl methyl sites for hydroxylation is 1. The van der Waals surface area contributed by atoms with Crippen LogP contribution in [-0.4, -0.2) is 9.78 Å². The van der Waals surface area contributed by atoms with Gasteiger partial charge in [-0.2, -0.15) is 5.10 Å². The molecule has 0 bridgehead atoms. The van der Waals surface area contributed by atoms with E-state index >= 15 is 0 Å². The van der Waals surface area contributed by atoms with E-state index in [0.29, 0.717) is 0 Å². The average molecular weight is 221 g/mol. The third-order valence-corrected chi connectivity index (χ3v) is 3.80. The van der Waals surface area contributed by atoms with Gasteiger partial charge >= 0.3 is 0 Å². The highest BCUT2D eigenvalue weighted by atomic mass is 15.3. The van der Waals surface area contributed by atoms with Crippen LogP contribution in [0.15, 0.2) is 12.3 Å². The van der Waals surface area contributed by atoms with Crippen LogP contribution in [-0.2, 0) is 7.05 Å². The maximum atomic E-state index is 6.26. The summed E-state index contributed by atoms with van der Waals surface area (Å²) in [5, 5.41) is 4.19. The Balaban J connectivity index is 1.91. The van der Waals surface area contributed by atoms with E-state index < -0.39 is 0 Å². The Labute approximate surface area is 98.0 Å². The monoisotopic (exact) mass is 221 g/mol. The zero-order valence-electron chi connectivity index (χ0n) is 10.2. The number of hydrogen-bond donors (Lipinski definition) is 1. The molecule has 1 fully saturated rings. The standard InChI is InChI=1S/C13H23N3/c1-16-13(8-9-15-16)12(14)10-11-6-4-2-3-5-7-11/h8-9,11-12H,2-7,10,14H2,1H3. The number of nitrogens with two attached hydrogens (primary N) is 1. The molecule has 2 N–H and O–H groups in total. The Hall–Kier alpha value is -0.830. The first-order valence-electron chi connectivity index (χ1n) is 6.51. The number of rotatable bonds is 3. The summed E-state index contributed by atoms with van der Waals surface area (Å²) in [7, 11) is 1.97. The molecular weight excluding hydrogens is 198 g/mol. The molecule has 1 atom stereocenters. The highest BCUT2D eigenvalue weighted by Gasteiger charge is 2.18. The van der Waals surface area contributed by atoms with Crippen molar-refractivity contribution < 1.29 is 0 Å². The van der Waals surface area contributed by atoms with Crippen LogP contribution >= 0.6 is 0 Å². The zero-order valence-corrected chi connectivity index (χ0v) is 10.2. The molecule has 1 unspecified atom stereocenters. The largest absolute Gasteiger partial charge is 0.323 e. The Bertz CT molecular complexity index is 311. The van der Waals surface area contributed by atoms with Crippen molar-refractivity contribution in [2.45, 2.75) is 51.0 Å². The minimum Gasteiger partial charge on any atom is -0.323 e. The quantitative estimate of drug-likeness (QED) is 0.798. The summed E-state index contributed by atoms with van der Waals surface area (Å²) < 4.78 is 1.90. The number of aromatic nitrogens is 2. The molecule has 0 radical (unpaired) electrons. The molecule has 16 heavy (non-hydrogen) atoms. The van der Waals surface area contributed by atoms with Crippen molar-refractivity contribution in [2.75, 3.05) is 0 Å². The molecule has 0 spiro atoms. The fourth-order valence-electron chi connectivity index (χ4n) is 2.83. The van der Waals surface area contributed by atoms with Crippen LogP contribution in [0.1, 0.15) is 56.7 Å². The lowest BCUT2D eigenvalue weighted by Crippen LogP contribution is -2.18. The van der Waals surface area contributed by atoms with Crippen LogP contribution in [0.2, 0.25) is 0 Å². The lowest BCUT2D eigenvalue weighted by atomic mass is 9.92. The van der Waals surface area contributed by atoms with Gasteiger partial charge in [0.05, 0.1) is 5.69 Å². The second-order valence-corrected chi connectivity index (χ2v) is 5.08. The van der Waals surface area contributed by atoms with Crippen molar-refractivity contribution in [2.24, 2.45) is 18.7 Å². The Morgan fingerprint density at radius 2 is 2.06 bits per heavy atom. The van der Waals surface area contributed by atoms with Gasteiger partial charge in [-0.15, -0.1) is 0 Å². The van der Waals surface area contributed by atoms with Crippen molar-refractivity contribution in [3.63, 3.8) is 0 Å². The van der Waals surface area contributed by atoms with Gasteiger partial charge < -0.3 is 5.73 Å². The molecule has 1 aromatic rings. The van der Waals surface area contributed by atoms with Gasteiger partial charge in [-0.25, -0.2) is 0 Å². The van der Waals surface area contributed by atoms with E-state index in [4.69, 9.17) is 5.73 Å². The summed E-state index contributed by atoms with van der Waals surface area (Å²) in [6, 6.07) is 2.21. The summed E-state index contributed by atoms with van der Waals surface area (Å²) in [4.78, 5) is 0. The number of hydrogen-bond acceptors (Lipinski definition) is 2. The van der Waals surface area contributed by atoms with E-state index in [1.165, 1.54) is 44.2 Å². The predicted octanol–water partition coefficient (Wildman–Crippen LogP) is 2.78. The minimum absolute atomic E-state index is 0.163. The van der Waals surface area contributed by atoms with Crippen molar-refractivity contribution >= 4 is 0 Å². The molecule has 0 saturated heterocycles. The van der Waals surface area contributed by atoms with Gasteiger partial charge in [0.25, 0.3) is 0 Å². The topological polar surface area (TPSA) is 43.8 Å². The zero-order chi connectivity index (χ0) is 11.4. The van der Waals surface area contributed by atoms with E-state index in [-0.39, 0.29) is 6.04 Å². The molecule has 3 nitrogen and oxygen atoms in total. The average Bonchev–Trinajstić information content (AvgIpc) is 2.53. The van der Waals surface area contributed by atoms with Gasteiger partial charge in [-0.1, -0.05) is 38.5 Å². The summed E-state index contributed by atoms with van der Waals surface area (Å²) in [6.07, 6.45) is 11.3. The highest BCUT2D eigenvalue weighted by molar-refractivity contribution is 5.05. The molecule has 0 aliphatic heterocycles. The van der Waals surface area contributed by atoms with Crippen molar-refractivity contribution in [1.82, 2.24) is 9.78 Å². The van der Waals surface area contributed by atoms with Crippen molar-refractivity contribution in [3.05, 3.63) is 18.0 Å². The second-order valence-electron chi connectivity index (χ2n) is 5.08. The first-order chi connectivity index (χ1) is 7.77. The summed E-state index contributed by atoms with van der Waals surface area (Å²) in [5.74, 6) is 0.826. The van der Waals surface area contributed by atoms with Gasteiger partial charge in [-0.05, 0) is 18.4 Å². The van der Waals surface area contributed by atoms with Gasteiger partial charge in [0, 0.05) is 19.3 Å². The highest BCUT2D eigenvalue weighted by Crippen LogP contribution is 2.29. The van der Waals surface area contributed by atoms with Crippen LogP contribution in [0.5, 0.6) is 0 Å². The van der Waals surface area contributed by atoms with Crippen LogP contribution < -0.4 is 5.73 Å². The maximum absolute atomic E-state index is 6.26. The van der Waals surface area contributed by atoms with E-state index in [0.717, 1.165) is 12.3 Å². The summed E-state index contributed by atoms with van der Waals surface area (Å²) in [5.41, 5.74) is 7.43. The van der Waals surface area contributed by atoms with Gasteiger partial charge in [-0.3, -0.25) is 4.68 Å². The molecule has 3 heteroatoms. The molecule has 1 heterocycles.